The molecule has 0 aromatic carbocycles. The van der Waals surface area contributed by atoms with E-state index in [1.807, 2.05) is 21.1 Å². The van der Waals surface area contributed by atoms with Gasteiger partial charge in [0, 0.05) is 12.8 Å². The van der Waals surface area contributed by atoms with Gasteiger partial charge in [0.2, 0.25) is 0 Å². The first-order valence-corrected chi connectivity index (χ1v) is 42.0. The molecular weight excluding hydrogens is 1170 g/mol. The number of hydrogen-bond acceptors (Lipinski definition) is 8. The van der Waals surface area contributed by atoms with Crippen LogP contribution in [-0.2, 0) is 32.7 Å². The Morgan fingerprint density at radius 1 is 0.344 bits per heavy atom. The van der Waals surface area contributed by atoms with Crippen molar-refractivity contribution in [1.29, 1.82) is 0 Å². The predicted octanol–water partition coefficient (Wildman–Crippen LogP) is 26.3. The third-order valence-electron chi connectivity index (χ3n) is 18.3. The first kappa shape index (κ1) is 90.7. The summed E-state index contributed by atoms with van der Waals surface area (Å²) in [6, 6.07) is 0. The Labute approximate surface area is 578 Å². The minimum atomic E-state index is -4.64. The van der Waals surface area contributed by atoms with E-state index in [1.54, 1.807) is 0 Å². The summed E-state index contributed by atoms with van der Waals surface area (Å²) in [7, 11) is 1.19. The van der Waals surface area contributed by atoms with Crippen molar-refractivity contribution in [2.75, 3.05) is 47.5 Å². The van der Waals surface area contributed by atoms with E-state index in [0.29, 0.717) is 17.4 Å². The van der Waals surface area contributed by atoms with Crippen LogP contribution < -0.4 is 4.89 Å². The summed E-state index contributed by atoms with van der Waals surface area (Å²) in [6.07, 6.45) is 99.3. The highest BCUT2D eigenvalue weighted by Gasteiger charge is 2.22. The van der Waals surface area contributed by atoms with Crippen LogP contribution >= 0.6 is 7.82 Å². The topological polar surface area (TPSA) is 111 Å². The molecule has 0 aliphatic rings. The van der Waals surface area contributed by atoms with E-state index in [2.05, 4.69) is 74.6 Å². The number of unbranched alkanes of at least 4 members (excludes halogenated alkanes) is 52. The van der Waals surface area contributed by atoms with Crippen LogP contribution in [0.1, 0.15) is 406 Å². The van der Waals surface area contributed by atoms with E-state index < -0.39 is 26.5 Å². The SMILES string of the molecule is CC/C=C\C/C=C\C/C=C\C/C=C\C/C=C\CCCCCCCCCCCCCCCCCCCCCCCCCC(=O)OC(COC(=O)CCCCCCCCCCCCCCCCCCCCCCCCCCCCCCCC)COP(=O)([O-])OCC[N+](C)(C)C. The van der Waals surface area contributed by atoms with Crippen molar-refractivity contribution in [2.45, 2.75) is 412 Å². The van der Waals surface area contributed by atoms with Crippen LogP contribution in [0.25, 0.3) is 0 Å². The fraction of sp³-hybridized carbons (Fsp3) is 0.855. The molecule has 2 unspecified atom stereocenters. The number of likely N-dealkylation sites (N-methyl/N-ethyl adjacent to an activating group) is 1. The van der Waals surface area contributed by atoms with E-state index >= 15 is 0 Å². The third-order valence-corrected chi connectivity index (χ3v) is 19.3. The quantitative estimate of drug-likeness (QED) is 0.0195. The molecule has 0 aliphatic carbocycles. The number of nitrogens with zero attached hydrogens (tertiary/aromatic N) is 1. The number of hydrogen-bond donors (Lipinski definition) is 0. The molecule has 0 amide bonds. The van der Waals surface area contributed by atoms with Gasteiger partial charge in [-0.25, -0.2) is 0 Å². The first-order valence-electron chi connectivity index (χ1n) is 40.5. The van der Waals surface area contributed by atoms with Crippen molar-refractivity contribution < 1.29 is 42.1 Å². The van der Waals surface area contributed by atoms with Gasteiger partial charge in [-0.15, -0.1) is 0 Å². The largest absolute Gasteiger partial charge is 0.756 e. The molecule has 2 atom stereocenters. The number of esters is 2. The van der Waals surface area contributed by atoms with Gasteiger partial charge in [-0.2, -0.15) is 0 Å². The summed E-state index contributed by atoms with van der Waals surface area (Å²) in [4.78, 5) is 38.2. The van der Waals surface area contributed by atoms with Crippen LogP contribution in [0.15, 0.2) is 60.8 Å². The minimum absolute atomic E-state index is 0.0277. The number of phosphoric acid groups is 1. The number of rotatable bonds is 76. The Morgan fingerprint density at radius 3 is 0.914 bits per heavy atom. The number of phosphoric ester groups is 1. The van der Waals surface area contributed by atoms with Gasteiger partial charge >= 0.3 is 11.9 Å². The zero-order valence-corrected chi connectivity index (χ0v) is 63.4. The molecule has 0 fully saturated rings. The summed E-state index contributed by atoms with van der Waals surface area (Å²) < 4.78 is 34.4. The molecule has 9 nitrogen and oxygen atoms in total. The normalized spacial score (nSPS) is 13.3. The van der Waals surface area contributed by atoms with Crippen LogP contribution in [0, 0.1) is 0 Å². The maximum absolute atomic E-state index is 12.9. The van der Waals surface area contributed by atoms with E-state index in [0.717, 1.165) is 64.2 Å². The minimum Gasteiger partial charge on any atom is -0.756 e. The van der Waals surface area contributed by atoms with Crippen molar-refractivity contribution in [1.82, 2.24) is 0 Å². The highest BCUT2D eigenvalue weighted by Crippen LogP contribution is 2.38. The van der Waals surface area contributed by atoms with Crippen LogP contribution in [-0.4, -0.2) is 70.0 Å². The molecule has 0 aromatic rings. The van der Waals surface area contributed by atoms with Gasteiger partial charge < -0.3 is 27.9 Å². The molecule has 93 heavy (non-hydrogen) atoms. The number of carbonyl (C=O) groups is 2. The van der Waals surface area contributed by atoms with Gasteiger partial charge in [0.05, 0.1) is 27.7 Å². The lowest BCUT2D eigenvalue weighted by Gasteiger charge is -2.28. The number of carbonyl (C=O) groups excluding carboxylic acids is 2. The van der Waals surface area contributed by atoms with E-state index in [1.165, 1.54) is 308 Å². The summed E-state index contributed by atoms with van der Waals surface area (Å²) in [5.74, 6) is -0.807. The predicted molar refractivity (Wildman–Crippen MR) is 402 cm³/mol. The summed E-state index contributed by atoms with van der Waals surface area (Å²) in [5.41, 5.74) is 0. The molecule has 0 aliphatic heterocycles. The smallest absolute Gasteiger partial charge is 0.306 e. The molecule has 0 saturated heterocycles. The molecule has 0 heterocycles. The van der Waals surface area contributed by atoms with Crippen molar-refractivity contribution in [3.05, 3.63) is 60.8 Å². The zero-order chi connectivity index (χ0) is 67.6. The second-order valence-electron chi connectivity index (χ2n) is 28.8. The Kier molecular flexibility index (Phi) is 72.1. The van der Waals surface area contributed by atoms with Crippen LogP contribution in [0.2, 0.25) is 0 Å². The third kappa shape index (κ3) is 78.6. The van der Waals surface area contributed by atoms with Crippen molar-refractivity contribution in [3.63, 3.8) is 0 Å². The number of ether oxygens (including phenoxy) is 2. The van der Waals surface area contributed by atoms with Crippen molar-refractivity contribution >= 4 is 19.8 Å². The van der Waals surface area contributed by atoms with Gasteiger partial charge in [0.15, 0.2) is 6.10 Å². The van der Waals surface area contributed by atoms with Gasteiger partial charge in [-0.3, -0.25) is 14.2 Å². The Balaban J connectivity index is 3.90. The molecule has 546 valence electrons. The molecule has 0 spiro atoms. The zero-order valence-electron chi connectivity index (χ0n) is 62.5. The van der Waals surface area contributed by atoms with E-state index in [9.17, 15) is 19.0 Å². The van der Waals surface area contributed by atoms with Gasteiger partial charge in [-0.05, 0) is 57.8 Å². The maximum atomic E-state index is 12.9. The molecular formula is C83H156NO8P. The summed E-state index contributed by atoms with van der Waals surface area (Å²) in [6.45, 7) is 4.21. The molecule has 0 bridgehead atoms. The Morgan fingerprint density at radius 2 is 0.613 bits per heavy atom. The highest BCUT2D eigenvalue weighted by molar-refractivity contribution is 7.45. The first-order chi connectivity index (χ1) is 45.5. The summed E-state index contributed by atoms with van der Waals surface area (Å²) >= 11 is 0. The second-order valence-corrected chi connectivity index (χ2v) is 30.2. The maximum Gasteiger partial charge on any atom is 0.306 e. The molecule has 0 saturated carbocycles. The fourth-order valence-electron chi connectivity index (χ4n) is 12.2. The lowest BCUT2D eigenvalue weighted by molar-refractivity contribution is -0.870. The van der Waals surface area contributed by atoms with Crippen LogP contribution in [0.5, 0.6) is 0 Å². The standard InChI is InChI=1S/C83H156NO8P/c1-6-8-10-12-14-16-18-20-22-24-26-28-30-32-34-36-38-39-40-41-42-43-44-45-46-48-50-52-54-56-58-60-62-64-66-68-70-72-74-76-83(86)92-81(80-91-93(87,88)90-78-77-84(3,4)5)79-89-82(85)75-73-71-69-67-65-63-61-59-57-55-53-51-49-47-37-35-33-31-29-27-25-23-21-19-17-15-13-11-9-7-2/h8,10,14,16,20,22,26,28,32,34,81H,6-7,9,11-13,15,17-19,21,23-25,27,29-31,33,35-80H2,1-5H3/b10-8-,16-14-,22-20-,28-26-,34-32-. The van der Waals surface area contributed by atoms with Gasteiger partial charge in [0.25, 0.3) is 7.82 Å². The average molecular weight is 1330 g/mol. The lowest BCUT2D eigenvalue weighted by atomic mass is 10.0. The van der Waals surface area contributed by atoms with Crippen LogP contribution in [0.4, 0.5) is 0 Å². The van der Waals surface area contributed by atoms with E-state index in [4.69, 9.17) is 18.5 Å². The summed E-state index contributed by atoms with van der Waals surface area (Å²) in [5, 5.41) is 0. The molecule has 0 rings (SSSR count). The number of allylic oxidation sites excluding steroid dienone is 10. The second kappa shape index (κ2) is 73.9. The fourth-order valence-corrected chi connectivity index (χ4v) is 12.9. The monoisotopic (exact) mass is 1330 g/mol. The lowest BCUT2D eigenvalue weighted by Crippen LogP contribution is -2.37. The molecule has 0 aromatic heterocycles. The van der Waals surface area contributed by atoms with Crippen molar-refractivity contribution in [2.24, 2.45) is 0 Å². The molecule has 10 heteroatoms. The van der Waals surface area contributed by atoms with Crippen molar-refractivity contribution in [3.8, 4) is 0 Å². The Bertz CT molecular complexity index is 1750. The van der Waals surface area contributed by atoms with Gasteiger partial charge in [-0.1, -0.05) is 396 Å². The Hall–Kier alpha value is -2.29. The molecule has 0 N–H and O–H groups in total. The average Bonchev–Trinajstić information content (AvgIpc) is 2.01. The number of quaternary nitrogens is 1. The van der Waals surface area contributed by atoms with Gasteiger partial charge in [0.1, 0.15) is 19.8 Å². The molecule has 0 radical (unpaired) electrons. The highest BCUT2D eigenvalue weighted by atomic mass is 31.2. The van der Waals surface area contributed by atoms with E-state index in [-0.39, 0.29) is 32.0 Å². The van der Waals surface area contributed by atoms with Crippen LogP contribution in [0.3, 0.4) is 0 Å².